The molecule has 0 bridgehead atoms. The Hall–Kier alpha value is -1.06. The molecule has 3 nitrogen and oxygen atoms in total. The fourth-order valence-corrected chi connectivity index (χ4v) is 3.14. The molecule has 1 aliphatic rings. The minimum Gasteiger partial charge on any atom is -0.395 e. The molecular formula is C17H28N2O. The van der Waals surface area contributed by atoms with Gasteiger partial charge in [-0.1, -0.05) is 19.9 Å². The van der Waals surface area contributed by atoms with Gasteiger partial charge in [0.2, 0.25) is 0 Å². The van der Waals surface area contributed by atoms with Crippen LogP contribution in [0.4, 0.5) is 5.69 Å². The molecule has 0 amide bonds. The van der Waals surface area contributed by atoms with E-state index in [4.69, 9.17) is 5.11 Å². The van der Waals surface area contributed by atoms with Gasteiger partial charge in [-0.05, 0) is 42.5 Å². The maximum atomic E-state index is 9.01. The molecule has 1 fully saturated rings. The van der Waals surface area contributed by atoms with Gasteiger partial charge in [-0.25, -0.2) is 0 Å². The summed E-state index contributed by atoms with van der Waals surface area (Å²) in [7, 11) is 0. The first-order valence-corrected chi connectivity index (χ1v) is 7.72. The van der Waals surface area contributed by atoms with E-state index in [9.17, 15) is 0 Å². The number of hydrogen-bond donors (Lipinski definition) is 1. The third kappa shape index (κ3) is 3.33. The molecule has 0 atom stereocenters. The van der Waals surface area contributed by atoms with Gasteiger partial charge in [-0.2, -0.15) is 0 Å². The molecule has 20 heavy (non-hydrogen) atoms. The summed E-state index contributed by atoms with van der Waals surface area (Å²) in [6, 6.07) is 4.71. The van der Waals surface area contributed by atoms with Crippen LogP contribution in [0.25, 0.3) is 0 Å². The number of nitrogens with zero attached hydrogens (tertiary/aromatic N) is 2. The lowest BCUT2D eigenvalue weighted by Gasteiger charge is -2.37. The molecule has 1 N–H and O–H groups in total. The molecule has 0 unspecified atom stereocenters. The molecule has 1 aromatic carbocycles. The average Bonchev–Trinajstić information content (AvgIpc) is 2.42. The van der Waals surface area contributed by atoms with Crippen molar-refractivity contribution >= 4 is 5.69 Å². The fraction of sp³-hybridized carbons (Fsp3) is 0.647. The predicted octanol–water partition coefficient (Wildman–Crippen LogP) is 2.54. The van der Waals surface area contributed by atoms with Crippen molar-refractivity contribution in [2.75, 3.05) is 44.2 Å². The van der Waals surface area contributed by atoms with Crippen molar-refractivity contribution in [2.45, 2.75) is 33.6 Å². The second-order valence-corrected chi connectivity index (χ2v) is 6.20. The topological polar surface area (TPSA) is 26.7 Å². The Balaban J connectivity index is 2.12. The molecule has 0 aromatic heterocycles. The first-order chi connectivity index (χ1) is 9.52. The number of rotatable bonds is 4. The van der Waals surface area contributed by atoms with Gasteiger partial charge in [-0.3, -0.25) is 4.90 Å². The lowest BCUT2D eigenvalue weighted by atomic mass is 9.94. The van der Waals surface area contributed by atoms with Gasteiger partial charge in [-0.15, -0.1) is 0 Å². The van der Waals surface area contributed by atoms with E-state index in [1.165, 1.54) is 22.4 Å². The third-order valence-electron chi connectivity index (χ3n) is 4.34. The molecule has 1 saturated heterocycles. The quantitative estimate of drug-likeness (QED) is 0.915. The molecule has 0 aliphatic carbocycles. The smallest absolute Gasteiger partial charge is 0.0558 e. The van der Waals surface area contributed by atoms with Crippen LogP contribution >= 0.6 is 0 Å². The van der Waals surface area contributed by atoms with Gasteiger partial charge in [0.05, 0.1) is 6.61 Å². The lowest BCUT2D eigenvalue weighted by Crippen LogP contribution is -2.47. The van der Waals surface area contributed by atoms with Crippen LogP contribution in [-0.4, -0.2) is 49.3 Å². The Labute approximate surface area is 123 Å². The summed E-state index contributed by atoms with van der Waals surface area (Å²) in [5.74, 6) is 0.587. The number of aryl methyl sites for hydroxylation is 2. The van der Waals surface area contributed by atoms with Crippen LogP contribution in [0.15, 0.2) is 12.1 Å². The van der Waals surface area contributed by atoms with E-state index in [2.05, 4.69) is 49.6 Å². The molecule has 1 aliphatic heterocycles. The normalized spacial score (nSPS) is 17.0. The molecule has 1 aromatic rings. The maximum Gasteiger partial charge on any atom is 0.0558 e. The third-order valence-corrected chi connectivity index (χ3v) is 4.34. The summed E-state index contributed by atoms with van der Waals surface area (Å²) >= 11 is 0. The number of hydrogen-bond acceptors (Lipinski definition) is 3. The first kappa shape index (κ1) is 15.3. The first-order valence-electron chi connectivity index (χ1n) is 7.72. The van der Waals surface area contributed by atoms with E-state index in [0.717, 1.165) is 32.7 Å². The monoisotopic (exact) mass is 276 g/mol. The second kappa shape index (κ2) is 6.59. The summed E-state index contributed by atoms with van der Waals surface area (Å²) in [5, 5.41) is 9.01. The fourth-order valence-electron chi connectivity index (χ4n) is 3.14. The average molecular weight is 276 g/mol. The Morgan fingerprint density at radius 3 is 2.25 bits per heavy atom. The Morgan fingerprint density at radius 2 is 1.70 bits per heavy atom. The van der Waals surface area contributed by atoms with E-state index < -0.39 is 0 Å². The number of aliphatic hydroxyl groups excluding tert-OH is 1. The van der Waals surface area contributed by atoms with E-state index in [0.29, 0.717) is 5.92 Å². The van der Waals surface area contributed by atoms with Gasteiger partial charge in [0.25, 0.3) is 0 Å². The van der Waals surface area contributed by atoms with Crippen LogP contribution in [0.2, 0.25) is 0 Å². The molecular weight excluding hydrogens is 248 g/mol. The Bertz CT molecular complexity index is 449. The van der Waals surface area contributed by atoms with Crippen molar-refractivity contribution < 1.29 is 5.11 Å². The minimum absolute atomic E-state index is 0.265. The van der Waals surface area contributed by atoms with Crippen LogP contribution in [0, 0.1) is 13.8 Å². The second-order valence-electron chi connectivity index (χ2n) is 6.20. The van der Waals surface area contributed by atoms with Crippen LogP contribution in [0.3, 0.4) is 0 Å². The van der Waals surface area contributed by atoms with Crippen molar-refractivity contribution in [1.29, 1.82) is 0 Å². The molecule has 2 rings (SSSR count). The number of piperazine rings is 1. The Kier molecular flexibility index (Phi) is 5.06. The van der Waals surface area contributed by atoms with E-state index >= 15 is 0 Å². The van der Waals surface area contributed by atoms with Gasteiger partial charge < -0.3 is 10.0 Å². The number of β-amino-alcohol motifs (C(OH)–C–C–N with tert-alkyl or cyclic N) is 1. The van der Waals surface area contributed by atoms with Crippen molar-refractivity contribution in [3.8, 4) is 0 Å². The number of benzene rings is 1. The van der Waals surface area contributed by atoms with E-state index in [1.807, 2.05) is 0 Å². The number of anilines is 1. The zero-order chi connectivity index (χ0) is 14.7. The minimum atomic E-state index is 0.265. The number of aliphatic hydroxyl groups is 1. The molecule has 1 heterocycles. The van der Waals surface area contributed by atoms with Gasteiger partial charge in [0, 0.05) is 38.4 Å². The van der Waals surface area contributed by atoms with Gasteiger partial charge in [0.1, 0.15) is 0 Å². The molecule has 0 radical (unpaired) electrons. The van der Waals surface area contributed by atoms with Crippen molar-refractivity contribution in [3.05, 3.63) is 28.8 Å². The summed E-state index contributed by atoms with van der Waals surface area (Å²) in [5.41, 5.74) is 5.63. The molecule has 0 saturated carbocycles. The van der Waals surface area contributed by atoms with Crippen molar-refractivity contribution in [1.82, 2.24) is 4.90 Å². The van der Waals surface area contributed by atoms with Crippen molar-refractivity contribution in [2.24, 2.45) is 0 Å². The highest BCUT2D eigenvalue weighted by Crippen LogP contribution is 2.29. The van der Waals surface area contributed by atoms with Crippen LogP contribution < -0.4 is 4.90 Å². The van der Waals surface area contributed by atoms with Gasteiger partial charge >= 0.3 is 0 Å². The molecule has 3 heteroatoms. The van der Waals surface area contributed by atoms with Crippen LogP contribution in [-0.2, 0) is 0 Å². The van der Waals surface area contributed by atoms with Crippen LogP contribution in [0.1, 0.15) is 36.5 Å². The highest BCUT2D eigenvalue weighted by atomic mass is 16.3. The molecule has 112 valence electrons. The zero-order valence-electron chi connectivity index (χ0n) is 13.3. The zero-order valence-corrected chi connectivity index (χ0v) is 13.3. The van der Waals surface area contributed by atoms with E-state index in [-0.39, 0.29) is 6.61 Å². The summed E-state index contributed by atoms with van der Waals surface area (Å²) < 4.78 is 0. The van der Waals surface area contributed by atoms with Crippen molar-refractivity contribution in [3.63, 3.8) is 0 Å². The standard InChI is InChI=1S/C17H28N2O/c1-13(2)16-11-15(4)17(12-14(16)3)19-7-5-18(6-8-19)9-10-20/h11-13,20H,5-10H2,1-4H3. The summed E-state index contributed by atoms with van der Waals surface area (Å²) in [4.78, 5) is 4.82. The SMILES string of the molecule is Cc1cc(N2CCN(CCO)CC2)c(C)cc1C(C)C. The summed E-state index contributed by atoms with van der Waals surface area (Å²) in [6.45, 7) is 14.2. The maximum absolute atomic E-state index is 9.01. The lowest BCUT2D eigenvalue weighted by molar-refractivity contribution is 0.188. The van der Waals surface area contributed by atoms with Gasteiger partial charge in [0.15, 0.2) is 0 Å². The Morgan fingerprint density at radius 1 is 1.05 bits per heavy atom. The summed E-state index contributed by atoms with van der Waals surface area (Å²) in [6.07, 6.45) is 0. The van der Waals surface area contributed by atoms with Crippen LogP contribution in [0.5, 0.6) is 0 Å². The largest absolute Gasteiger partial charge is 0.395 e. The van der Waals surface area contributed by atoms with E-state index in [1.54, 1.807) is 0 Å². The highest BCUT2D eigenvalue weighted by molar-refractivity contribution is 5.57. The highest BCUT2D eigenvalue weighted by Gasteiger charge is 2.19. The predicted molar refractivity (Wildman–Crippen MR) is 85.7 cm³/mol. The molecule has 0 spiro atoms.